The zero-order chi connectivity index (χ0) is 26.8. The highest BCUT2D eigenvalue weighted by molar-refractivity contribution is 5.91. The van der Waals surface area contributed by atoms with E-state index < -0.39 is 18.3 Å². The second-order valence-electron chi connectivity index (χ2n) is 8.84. The lowest BCUT2D eigenvalue weighted by Crippen LogP contribution is -2.76. The van der Waals surface area contributed by atoms with Crippen LogP contribution in [-0.4, -0.2) is 110 Å². The van der Waals surface area contributed by atoms with Crippen molar-refractivity contribution in [2.75, 3.05) is 53.6 Å². The Hall–Kier alpha value is -3.64. The SMILES string of the molecule is C=CCOC(=O)NCCC[C@H]1C(=O)N(CCOC)C[C@H]2N1C(=O)CN(C)N2C(=O)NCc1ccccc1. The highest BCUT2D eigenvalue weighted by Gasteiger charge is 2.50. The summed E-state index contributed by atoms with van der Waals surface area (Å²) in [4.78, 5) is 54.7. The number of methoxy groups -OCH3 is 1. The number of fused-ring (bicyclic) bond motifs is 1. The first-order valence-electron chi connectivity index (χ1n) is 12.3. The quantitative estimate of drug-likeness (QED) is 0.329. The summed E-state index contributed by atoms with van der Waals surface area (Å²) in [5.74, 6) is -0.437. The Balaban J connectivity index is 1.74. The number of rotatable bonds is 11. The van der Waals surface area contributed by atoms with Gasteiger partial charge in [0.25, 0.3) is 0 Å². The first-order chi connectivity index (χ1) is 17.9. The van der Waals surface area contributed by atoms with Crippen LogP contribution in [0.4, 0.5) is 9.59 Å². The predicted molar refractivity (Wildman–Crippen MR) is 135 cm³/mol. The molecule has 5 amide bonds. The average molecular weight is 517 g/mol. The van der Waals surface area contributed by atoms with Crippen LogP contribution in [0, 0.1) is 0 Å². The second-order valence-corrected chi connectivity index (χ2v) is 8.84. The summed E-state index contributed by atoms with van der Waals surface area (Å²) in [7, 11) is 3.23. The van der Waals surface area contributed by atoms with Gasteiger partial charge in [-0.2, -0.15) is 0 Å². The third-order valence-corrected chi connectivity index (χ3v) is 6.26. The van der Waals surface area contributed by atoms with Crippen LogP contribution in [0.1, 0.15) is 18.4 Å². The Kier molecular flexibility index (Phi) is 10.3. The van der Waals surface area contributed by atoms with Crippen LogP contribution < -0.4 is 10.6 Å². The summed E-state index contributed by atoms with van der Waals surface area (Å²) < 4.78 is 10.1. The number of ether oxygens (including phenoxy) is 2. The van der Waals surface area contributed by atoms with E-state index in [9.17, 15) is 19.2 Å². The van der Waals surface area contributed by atoms with Gasteiger partial charge in [-0.3, -0.25) is 9.59 Å². The molecule has 37 heavy (non-hydrogen) atoms. The molecule has 3 rings (SSSR count). The number of urea groups is 1. The van der Waals surface area contributed by atoms with Crippen molar-refractivity contribution in [1.29, 1.82) is 0 Å². The molecule has 2 heterocycles. The fourth-order valence-electron chi connectivity index (χ4n) is 4.51. The minimum absolute atomic E-state index is 0.0385. The van der Waals surface area contributed by atoms with Gasteiger partial charge in [-0.15, -0.1) is 0 Å². The highest BCUT2D eigenvalue weighted by Crippen LogP contribution is 2.27. The summed E-state index contributed by atoms with van der Waals surface area (Å²) in [5.41, 5.74) is 0.945. The number of likely N-dealkylation sites (N-methyl/N-ethyl adjacent to an activating group) is 1. The van der Waals surface area contributed by atoms with E-state index in [1.54, 1.807) is 24.1 Å². The Labute approximate surface area is 217 Å². The molecule has 0 unspecified atom stereocenters. The number of nitrogens with one attached hydrogen (secondary N) is 2. The van der Waals surface area contributed by atoms with E-state index in [1.807, 2.05) is 30.3 Å². The minimum atomic E-state index is -0.771. The largest absolute Gasteiger partial charge is 0.445 e. The van der Waals surface area contributed by atoms with Gasteiger partial charge in [0.1, 0.15) is 18.8 Å². The van der Waals surface area contributed by atoms with Crippen molar-refractivity contribution >= 4 is 23.9 Å². The summed E-state index contributed by atoms with van der Waals surface area (Å²) in [6, 6.07) is 8.40. The maximum Gasteiger partial charge on any atom is 0.407 e. The normalized spacial score (nSPS) is 19.9. The van der Waals surface area contributed by atoms with Crippen molar-refractivity contribution in [1.82, 2.24) is 30.5 Å². The Morgan fingerprint density at radius 3 is 2.65 bits per heavy atom. The van der Waals surface area contributed by atoms with Crippen molar-refractivity contribution in [2.45, 2.75) is 31.6 Å². The topological polar surface area (TPSA) is 124 Å². The average Bonchev–Trinajstić information content (AvgIpc) is 2.89. The number of benzene rings is 1. The number of nitrogens with zero attached hydrogens (tertiary/aromatic N) is 4. The zero-order valence-corrected chi connectivity index (χ0v) is 21.4. The molecule has 0 aliphatic carbocycles. The number of carbonyl (C=O) groups excluding carboxylic acids is 4. The van der Waals surface area contributed by atoms with E-state index >= 15 is 0 Å². The van der Waals surface area contributed by atoms with E-state index in [2.05, 4.69) is 17.2 Å². The van der Waals surface area contributed by atoms with Gasteiger partial charge < -0.3 is 29.9 Å². The van der Waals surface area contributed by atoms with Gasteiger partial charge in [0.15, 0.2) is 0 Å². The molecule has 1 aromatic rings. The van der Waals surface area contributed by atoms with Gasteiger partial charge in [-0.1, -0.05) is 43.0 Å². The fraction of sp³-hybridized carbons (Fsp3) is 0.520. The molecule has 0 radical (unpaired) electrons. The van der Waals surface area contributed by atoms with Crippen LogP contribution in [0.2, 0.25) is 0 Å². The van der Waals surface area contributed by atoms with Crippen LogP contribution >= 0.6 is 0 Å². The van der Waals surface area contributed by atoms with Crippen molar-refractivity contribution in [3.8, 4) is 0 Å². The number of alkyl carbamates (subject to hydrolysis) is 1. The van der Waals surface area contributed by atoms with Gasteiger partial charge in [0.2, 0.25) is 11.8 Å². The van der Waals surface area contributed by atoms with Crippen molar-refractivity contribution < 1.29 is 28.7 Å². The molecular weight excluding hydrogens is 480 g/mol. The summed E-state index contributed by atoms with van der Waals surface area (Å²) in [5, 5.41) is 8.64. The minimum Gasteiger partial charge on any atom is -0.445 e. The lowest BCUT2D eigenvalue weighted by molar-refractivity contribution is -0.187. The lowest BCUT2D eigenvalue weighted by atomic mass is 10.0. The standard InChI is InChI=1S/C25H36N6O6/c1-4-14-37-25(35)26-12-8-11-20-23(33)29(13-15-36-3)17-21-30(20)22(32)18-28(2)31(21)24(34)27-16-19-9-6-5-7-10-19/h4-7,9-10,20-21H,1,8,11-18H2,2-3H3,(H,26,35)(H,27,34)/t20-,21-/m0/s1. The highest BCUT2D eigenvalue weighted by atomic mass is 16.5. The molecule has 12 nitrogen and oxygen atoms in total. The lowest BCUT2D eigenvalue weighted by Gasteiger charge is -2.54. The fourth-order valence-corrected chi connectivity index (χ4v) is 4.51. The number of piperazine rings is 1. The van der Waals surface area contributed by atoms with Gasteiger partial charge in [-0.25, -0.2) is 19.6 Å². The van der Waals surface area contributed by atoms with Crippen LogP contribution in [0.15, 0.2) is 43.0 Å². The molecule has 2 aliphatic heterocycles. The summed E-state index contributed by atoms with van der Waals surface area (Å²) in [6.07, 6.45) is 0.966. The van der Waals surface area contributed by atoms with Gasteiger partial charge in [-0.05, 0) is 18.4 Å². The van der Waals surface area contributed by atoms with Gasteiger partial charge >= 0.3 is 12.1 Å². The number of carbonyl (C=O) groups is 4. The van der Waals surface area contributed by atoms with E-state index in [0.717, 1.165) is 5.56 Å². The van der Waals surface area contributed by atoms with Crippen molar-refractivity contribution in [3.63, 3.8) is 0 Å². The van der Waals surface area contributed by atoms with Crippen LogP contribution in [0.5, 0.6) is 0 Å². The number of hydrazine groups is 1. The second kappa shape index (κ2) is 13.6. The molecule has 1 aromatic carbocycles. The molecule has 2 fully saturated rings. The molecule has 0 saturated carbocycles. The molecule has 0 spiro atoms. The smallest absolute Gasteiger partial charge is 0.407 e. The van der Waals surface area contributed by atoms with E-state index in [1.165, 1.54) is 16.0 Å². The van der Waals surface area contributed by atoms with Crippen LogP contribution in [0.25, 0.3) is 0 Å². The van der Waals surface area contributed by atoms with E-state index in [-0.39, 0.29) is 44.1 Å². The van der Waals surface area contributed by atoms with Crippen LogP contribution in [-0.2, 0) is 25.6 Å². The third-order valence-electron chi connectivity index (χ3n) is 6.26. The Morgan fingerprint density at radius 2 is 1.95 bits per heavy atom. The van der Waals surface area contributed by atoms with Crippen molar-refractivity contribution in [2.24, 2.45) is 0 Å². The molecular formula is C25H36N6O6. The Morgan fingerprint density at radius 1 is 1.19 bits per heavy atom. The van der Waals surface area contributed by atoms with E-state index in [0.29, 0.717) is 32.5 Å². The third kappa shape index (κ3) is 7.20. The van der Waals surface area contributed by atoms with E-state index in [4.69, 9.17) is 9.47 Å². The Bertz CT molecular complexity index is 960. The van der Waals surface area contributed by atoms with Gasteiger partial charge in [0.05, 0.1) is 19.7 Å². The first kappa shape index (κ1) is 27.9. The molecule has 202 valence electrons. The maximum atomic E-state index is 13.4. The number of amides is 5. The van der Waals surface area contributed by atoms with Crippen molar-refractivity contribution in [3.05, 3.63) is 48.6 Å². The molecule has 2 aliphatic rings. The molecule has 2 saturated heterocycles. The molecule has 0 aromatic heterocycles. The summed E-state index contributed by atoms with van der Waals surface area (Å²) in [6.45, 7) is 4.98. The molecule has 0 bridgehead atoms. The molecule has 12 heteroatoms. The zero-order valence-electron chi connectivity index (χ0n) is 21.4. The first-order valence-corrected chi connectivity index (χ1v) is 12.3. The predicted octanol–water partition coefficient (Wildman–Crippen LogP) is 0.763. The summed E-state index contributed by atoms with van der Waals surface area (Å²) >= 11 is 0. The van der Waals surface area contributed by atoms with Crippen LogP contribution in [0.3, 0.4) is 0 Å². The number of hydrogen-bond acceptors (Lipinski definition) is 7. The maximum absolute atomic E-state index is 13.4. The molecule has 2 atom stereocenters. The molecule has 2 N–H and O–H groups in total. The monoisotopic (exact) mass is 516 g/mol. The van der Waals surface area contributed by atoms with Gasteiger partial charge in [0, 0.05) is 33.8 Å². The number of hydrogen-bond donors (Lipinski definition) is 2.